The molecule has 1 fully saturated rings. The highest BCUT2D eigenvalue weighted by Crippen LogP contribution is 2.13. The number of hydrogen-bond acceptors (Lipinski definition) is 3. The molecule has 0 aromatic rings. The van der Waals surface area contributed by atoms with Crippen molar-refractivity contribution in [2.75, 3.05) is 13.2 Å². The Balaban J connectivity index is 2.39. The minimum absolute atomic E-state index is 0.502. The zero-order valence-electron chi connectivity index (χ0n) is 5.74. The van der Waals surface area contributed by atoms with Gasteiger partial charge < -0.3 is 14.6 Å². The molecule has 0 bridgehead atoms. The van der Waals surface area contributed by atoms with Gasteiger partial charge in [0.25, 0.3) is 0 Å². The number of carbonyl (C=O) groups is 1. The van der Waals surface area contributed by atoms with Crippen molar-refractivity contribution < 1.29 is 19.4 Å². The summed E-state index contributed by atoms with van der Waals surface area (Å²) >= 11 is 0. The Labute approximate surface area is 58.7 Å². The molecule has 1 heterocycles. The molecule has 4 nitrogen and oxygen atoms in total. The Morgan fingerprint density at radius 3 is 2.50 bits per heavy atom. The van der Waals surface area contributed by atoms with Crippen molar-refractivity contribution in [3.8, 4) is 0 Å². The van der Waals surface area contributed by atoms with Crippen molar-refractivity contribution >= 4 is 5.97 Å². The zero-order chi connectivity index (χ0) is 7.56. The quantitative estimate of drug-likeness (QED) is 0.599. The van der Waals surface area contributed by atoms with Crippen molar-refractivity contribution in [3.63, 3.8) is 0 Å². The Bertz CT molecular complexity index is 128. The molecule has 0 saturated carbocycles. The van der Waals surface area contributed by atoms with Gasteiger partial charge in [0.15, 0.2) is 6.29 Å². The van der Waals surface area contributed by atoms with E-state index < -0.39 is 18.2 Å². The second-order valence-corrected chi connectivity index (χ2v) is 2.24. The first-order valence-corrected chi connectivity index (χ1v) is 3.18. The van der Waals surface area contributed by atoms with E-state index in [0.717, 1.165) is 0 Å². The predicted molar refractivity (Wildman–Crippen MR) is 32.5 cm³/mol. The first kappa shape index (κ1) is 7.50. The van der Waals surface area contributed by atoms with Gasteiger partial charge in [0.1, 0.15) is 5.92 Å². The smallest absolute Gasteiger partial charge is 0.311 e. The number of rotatable bonds is 2. The number of aliphatic carboxylic acids is 1. The van der Waals surface area contributed by atoms with Crippen LogP contribution in [0.1, 0.15) is 6.92 Å². The third-order valence-electron chi connectivity index (χ3n) is 1.45. The van der Waals surface area contributed by atoms with Crippen LogP contribution in [-0.2, 0) is 14.3 Å². The van der Waals surface area contributed by atoms with E-state index in [1.807, 2.05) is 0 Å². The summed E-state index contributed by atoms with van der Waals surface area (Å²) in [6.07, 6.45) is -0.544. The van der Waals surface area contributed by atoms with Gasteiger partial charge in [-0.25, -0.2) is 0 Å². The van der Waals surface area contributed by atoms with Gasteiger partial charge in [-0.1, -0.05) is 0 Å². The second kappa shape index (κ2) is 2.98. The summed E-state index contributed by atoms with van der Waals surface area (Å²) < 4.78 is 9.95. The van der Waals surface area contributed by atoms with E-state index in [2.05, 4.69) is 0 Å². The van der Waals surface area contributed by atoms with Gasteiger partial charge >= 0.3 is 5.97 Å². The van der Waals surface area contributed by atoms with Crippen LogP contribution in [0.5, 0.6) is 0 Å². The molecule has 4 heteroatoms. The molecular weight excluding hydrogens is 136 g/mol. The number of hydrogen-bond donors (Lipinski definition) is 1. The maximum atomic E-state index is 10.3. The summed E-state index contributed by atoms with van der Waals surface area (Å²) in [4.78, 5) is 10.3. The lowest BCUT2D eigenvalue weighted by atomic mass is 10.2. The largest absolute Gasteiger partial charge is 0.481 e. The van der Waals surface area contributed by atoms with Crippen LogP contribution in [0.25, 0.3) is 0 Å². The van der Waals surface area contributed by atoms with Crippen LogP contribution >= 0.6 is 0 Å². The molecule has 1 saturated heterocycles. The lowest BCUT2D eigenvalue weighted by Crippen LogP contribution is -2.25. The summed E-state index contributed by atoms with van der Waals surface area (Å²) in [6, 6.07) is 0. The van der Waals surface area contributed by atoms with Crippen molar-refractivity contribution in [3.05, 3.63) is 0 Å². The fourth-order valence-corrected chi connectivity index (χ4v) is 0.782. The van der Waals surface area contributed by atoms with Crippen LogP contribution in [0.2, 0.25) is 0 Å². The molecule has 0 aromatic carbocycles. The molecule has 0 radical (unpaired) electrons. The molecule has 10 heavy (non-hydrogen) atoms. The number of ether oxygens (including phenoxy) is 2. The van der Waals surface area contributed by atoms with E-state index in [4.69, 9.17) is 14.6 Å². The van der Waals surface area contributed by atoms with Crippen LogP contribution in [0, 0.1) is 5.92 Å². The number of carboxylic acid groups (broad SMARTS) is 1. The maximum absolute atomic E-state index is 10.3. The predicted octanol–water partition coefficient (Wildman–Crippen LogP) is 0.0800. The van der Waals surface area contributed by atoms with Gasteiger partial charge in [-0.2, -0.15) is 0 Å². The zero-order valence-corrected chi connectivity index (χ0v) is 5.74. The van der Waals surface area contributed by atoms with Crippen LogP contribution in [0.3, 0.4) is 0 Å². The molecule has 1 unspecified atom stereocenters. The van der Waals surface area contributed by atoms with Crippen LogP contribution < -0.4 is 0 Å². The minimum atomic E-state index is -0.882. The van der Waals surface area contributed by atoms with Gasteiger partial charge in [0, 0.05) is 0 Å². The van der Waals surface area contributed by atoms with E-state index in [9.17, 15) is 4.79 Å². The summed E-state index contributed by atoms with van der Waals surface area (Å²) in [5.74, 6) is -1.45. The highest BCUT2D eigenvalue weighted by Gasteiger charge is 2.28. The fraction of sp³-hybridized carbons (Fsp3) is 0.833. The lowest BCUT2D eigenvalue weighted by molar-refractivity contribution is -0.156. The normalized spacial score (nSPS) is 22.9. The second-order valence-electron chi connectivity index (χ2n) is 2.24. The SMILES string of the molecule is CC(C(=O)O)C1OCCO1. The molecule has 0 aliphatic carbocycles. The molecule has 58 valence electrons. The maximum Gasteiger partial charge on any atom is 0.311 e. The molecule has 1 N–H and O–H groups in total. The van der Waals surface area contributed by atoms with E-state index in [0.29, 0.717) is 13.2 Å². The number of carboxylic acids is 1. The monoisotopic (exact) mass is 146 g/mol. The van der Waals surface area contributed by atoms with E-state index in [1.165, 1.54) is 0 Å². The van der Waals surface area contributed by atoms with Gasteiger partial charge in [0.05, 0.1) is 13.2 Å². The molecule has 1 rings (SSSR count). The lowest BCUT2D eigenvalue weighted by Gasteiger charge is -2.12. The highest BCUT2D eigenvalue weighted by atomic mass is 16.7. The topological polar surface area (TPSA) is 55.8 Å². The average molecular weight is 146 g/mol. The first-order chi connectivity index (χ1) is 4.72. The minimum Gasteiger partial charge on any atom is -0.481 e. The van der Waals surface area contributed by atoms with Crippen molar-refractivity contribution in [1.82, 2.24) is 0 Å². The average Bonchev–Trinajstić information content (AvgIpc) is 2.36. The van der Waals surface area contributed by atoms with E-state index in [-0.39, 0.29) is 0 Å². The molecule has 1 aliphatic heterocycles. The molecule has 1 aliphatic rings. The van der Waals surface area contributed by atoms with Gasteiger partial charge in [0.2, 0.25) is 0 Å². The van der Waals surface area contributed by atoms with Crippen molar-refractivity contribution in [2.45, 2.75) is 13.2 Å². The third kappa shape index (κ3) is 1.46. The van der Waals surface area contributed by atoms with Crippen molar-refractivity contribution in [2.24, 2.45) is 5.92 Å². The molecular formula is C6H10O4. The summed E-state index contributed by atoms with van der Waals surface area (Å²) in [7, 11) is 0. The molecule has 1 atom stereocenters. The van der Waals surface area contributed by atoms with Crippen LogP contribution in [0.4, 0.5) is 0 Å². The third-order valence-corrected chi connectivity index (χ3v) is 1.45. The summed E-state index contributed by atoms with van der Waals surface area (Å²) in [6.45, 7) is 2.57. The molecule has 0 aromatic heterocycles. The van der Waals surface area contributed by atoms with Crippen LogP contribution in [-0.4, -0.2) is 30.6 Å². The highest BCUT2D eigenvalue weighted by molar-refractivity contribution is 5.69. The Hall–Kier alpha value is -0.610. The van der Waals surface area contributed by atoms with Gasteiger partial charge in [-0.3, -0.25) is 4.79 Å². The Kier molecular flexibility index (Phi) is 2.24. The van der Waals surface area contributed by atoms with Crippen LogP contribution in [0.15, 0.2) is 0 Å². The van der Waals surface area contributed by atoms with Gasteiger partial charge in [-0.15, -0.1) is 0 Å². The molecule has 0 amide bonds. The van der Waals surface area contributed by atoms with E-state index in [1.54, 1.807) is 6.92 Å². The summed E-state index contributed by atoms with van der Waals surface area (Å²) in [5, 5.41) is 8.48. The Morgan fingerprint density at radius 2 is 2.10 bits per heavy atom. The van der Waals surface area contributed by atoms with Gasteiger partial charge in [-0.05, 0) is 6.92 Å². The van der Waals surface area contributed by atoms with E-state index >= 15 is 0 Å². The standard InChI is InChI=1S/C6H10O4/c1-4(5(7)8)6-9-2-3-10-6/h4,6H,2-3H2,1H3,(H,7,8). The fourth-order valence-electron chi connectivity index (χ4n) is 0.782. The summed E-state index contributed by atoms with van der Waals surface area (Å²) in [5.41, 5.74) is 0. The Morgan fingerprint density at radius 1 is 1.60 bits per heavy atom. The molecule has 0 spiro atoms. The first-order valence-electron chi connectivity index (χ1n) is 3.18. The van der Waals surface area contributed by atoms with Crippen molar-refractivity contribution in [1.29, 1.82) is 0 Å².